The highest BCUT2D eigenvalue weighted by atomic mass is 16.5. The van der Waals surface area contributed by atoms with Crippen LogP contribution in [0, 0.1) is 11.8 Å². The van der Waals surface area contributed by atoms with Gasteiger partial charge in [0.1, 0.15) is 23.9 Å². The van der Waals surface area contributed by atoms with Crippen molar-refractivity contribution >= 4 is 5.97 Å². The summed E-state index contributed by atoms with van der Waals surface area (Å²) in [7, 11) is 3.24. The third kappa shape index (κ3) is 8.45. The van der Waals surface area contributed by atoms with Gasteiger partial charge in [-0.1, -0.05) is 24.0 Å². The van der Waals surface area contributed by atoms with Crippen molar-refractivity contribution in [2.75, 3.05) is 27.4 Å². The van der Waals surface area contributed by atoms with Crippen LogP contribution < -0.4 is 14.2 Å². The molecule has 0 aliphatic carbocycles. The summed E-state index contributed by atoms with van der Waals surface area (Å²) in [5, 5.41) is 9.16. The average Bonchev–Trinajstić information content (AvgIpc) is 2.78. The van der Waals surface area contributed by atoms with E-state index in [-0.39, 0.29) is 0 Å². The van der Waals surface area contributed by atoms with E-state index < -0.39 is 12.1 Å². The topological polar surface area (TPSA) is 74.2 Å². The lowest BCUT2D eigenvalue weighted by molar-refractivity contribution is -0.149. The second-order valence-corrected chi connectivity index (χ2v) is 6.56. The Morgan fingerprint density at radius 1 is 1.03 bits per heavy atom. The first-order valence-corrected chi connectivity index (χ1v) is 9.97. The van der Waals surface area contributed by atoms with E-state index >= 15 is 0 Å². The molecule has 1 atom stereocenters. The van der Waals surface area contributed by atoms with Gasteiger partial charge in [0.05, 0.1) is 14.2 Å². The zero-order chi connectivity index (χ0) is 22.5. The van der Waals surface area contributed by atoms with Crippen LogP contribution in [0.5, 0.6) is 17.2 Å². The van der Waals surface area contributed by atoms with Gasteiger partial charge in [-0.3, -0.25) is 0 Å². The fourth-order valence-electron chi connectivity index (χ4n) is 2.79. The Balaban J connectivity index is 1.79. The molecule has 0 saturated carbocycles. The number of hydrogen-bond donors (Lipinski definition) is 1. The maximum absolute atomic E-state index is 11.2. The highest BCUT2D eigenvalue weighted by molar-refractivity contribution is 5.72. The fourth-order valence-corrected chi connectivity index (χ4v) is 2.79. The van der Waals surface area contributed by atoms with Gasteiger partial charge in [-0.25, -0.2) is 4.79 Å². The van der Waals surface area contributed by atoms with E-state index in [4.69, 9.17) is 24.1 Å². The molecule has 2 rings (SSSR count). The molecule has 0 heterocycles. The zero-order valence-corrected chi connectivity index (χ0v) is 18.1. The van der Waals surface area contributed by atoms with E-state index in [0.29, 0.717) is 31.8 Å². The normalized spacial score (nSPS) is 11.5. The van der Waals surface area contributed by atoms with Gasteiger partial charge in [-0.05, 0) is 54.5 Å². The monoisotopic (exact) mass is 424 g/mol. The molecular weight excluding hydrogens is 396 g/mol. The van der Waals surface area contributed by atoms with Gasteiger partial charge < -0.3 is 24.1 Å². The first-order chi connectivity index (χ1) is 15.0. The van der Waals surface area contributed by atoms with Crippen molar-refractivity contribution in [3.05, 3.63) is 65.7 Å². The lowest BCUT2D eigenvalue weighted by Gasteiger charge is -2.12. The van der Waals surface area contributed by atoms with Crippen molar-refractivity contribution in [3.63, 3.8) is 0 Å². The summed E-state index contributed by atoms with van der Waals surface area (Å²) >= 11 is 0. The molecule has 0 aliphatic rings. The highest BCUT2D eigenvalue weighted by Gasteiger charge is 2.17. The number of methoxy groups -OCH3 is 2. The molecular formula is C25H28O6. The van der Waals surface area contributed by atoms with Gasteiger partial charge in [0.15, 0.2) is 6.10 Å². The van der Waals surface area contributed by atoms with Crippen LogP contribution in [0.25, 0.3) is 0 Å². The molecule has 0 aromatic heterocycles. The molecule has 164 valence electrons. The van der Waals surface area contributed by atoms with Gasteiger partial charge in [0, 0.05) is 25.5 Å². The Morgan fingerprint density at radius 3 is 2.29 bits per heavy atom. The number of hydrogen-bond acceptors (Lipinski definition) is 5. The van der Waals surface area contributed by atoms with Crippen LogP contribution in [0.2, 0.25) is 0 Å². The molecule has 6 heteroatoms. The molecule has 2 aromatic carbocycles. The summed E-state index contributed by atoms with van der Waals surface area (Å²) in [4.78, 5) is 11.2. The predicted octanol–water partition coefficient (Wildman–Crippen LogP) is 3.92. The molecule has 0 fully saturated rings. The summed E-state index contributed by atoms with van der Waals surface area (Å²) < 4.78 is 21.4. The fraction of sp³-hybridized carbons (Fsp3) is 0.320. The molecule has 31 heavy (non-hydrogen) atoms. The number of benzene rings is 2. The molecule has 2 aromatic rings. The molecule has 0 aliphatic heterocycles. The molecule has 1 N–H and O–H groups in total. The van der Waals surface area contributed by atoms with Crippen molar-refractivity contribution < 1.29 is 28.8 Å². The van der Waals surface area contributed by atoms with Crippen LogP contribution in [0.1, 0.15) is 18.1 Å². The Kier molecular flexibility index (Phi) is 9.99. The third-order valence-corrected chi connectivity index (χ3v) is 4.34. The molecule has 0 radical (unpaired) electrons. The number of aliphatic carboxylic acids is 1. The van der Waals surface area contributed by atoms with Crippen LogP contribution in [-0.2, 0) is 22.4 Å². The van der Waals surface area contributed by atoms with Crippen LogP contribution in [0.15, 0.2) is 54.6 Å². The standard InChI is InChI=1S/C25H28O6/c1-4-30-24(25(26)27)17-19-10-12-21(13-11-19)31-14-8-6-5-7-9-20-15-22(28-2)18-23(16-20)29-3/h6,8,10-13,15-16,18,24H,4,9,14,17H2,1-3H3,(H,26,27)/t24-/m0/s1. The summed E-state index contributed by atoms with van der Waals surface area (Å²) in [5.41, 5.74) is 1.90. The summed E-state index contributed by atoms with van der Waals surface area (Å²) in [5.74, 6) is 7.29. The van der Waals surface area contributed by atoms with Gasteiger partial charge in [0.2, 0.25) is 0 Å². The second-order valence-electron chi connectivity index (χ2n) is 6.56. The van der Waals surface area contributed by atoms with Gasteiger partial charge in [-0.15, -0.1) is 0 Å². The van der Waals surface area contributed by atoms with E-state index in [2.05, 4.69) is 11.8 Å². The molecule has 0 saturated heterocycles. The number of rotatable bonds is 11. The average molecular weight is 424 g/mol. The number of carbonyl (C=O) groups is 1. The SMILES string of the molecule is CCO[C@@H](Cc1ccc(OCC=CC#CCc2cc(OC)cc(OC)c2)cc1)C(=O)O. The third-order valence-electron chi connectivity index (χ3n) is 4.34. The summed E-state index contributed by atoms with van der Waals surface area (Å²) in [6.07, 6.45) is 3.65. The Hall–Kier alpha value is -3.43. The molecule has 0 amide bonds. The Morgan fingerprint density at radius 2 is 1.71 bits per heavy atom. The minimum Gasteiger partial charge on any atom is -0.497 e. The molecule has 0 bridgehead atoms. The molecule has 0 unspecified atom stereocenters. The van der Waals surface area contributed by atoms with Crippen molar-refractivity contribution in [2.45, 2.75) is 25.9 Å². The first-order valence-electron chi connectivity index (χ1n) is 9.97. The van der Waals surface area contributed by atoms with E-state index in [1.165, 1.54) is 0 Å². The minimum atomic E-state index is -0.959. The first kappa shape index (κ1) is 23.8. The van der Waals surface area contributed by atoms with Crippen molar-refractivity contribution in [1.82, 2.24) is 0 Å². The van der Waals surface area contributed by atoms with E-state index in [0.717, 1.165) is 22.6 Å². The number of carboxylic acid groups (broad SMARTS) is 1. The van der Waals surface area contributed by atoms with Gasteiger partial charge in [0.25, 0.3) is 0 Å². The van der Waals surface area contributed by atoms with E-state index in [1.807, 2.05) is 48.5 Å². The van der Waals surface area contributed by atoms with Crippen molar-refractivity contribution in [1.29, 1.82) is 0 Å². The van der Waals surface area contributed by atoms with Gasteiger partial charge in [-0.2, -0.15) is 0 Å². The van der Waals surface area contributed by atoms with Crippen LogP contribution in [-0.4, -0.2) is 44.6 Å². The maximum Gasteiger partial charge on any atom is 0.333 e. The number of ether oxygens (including phenoxy) is 4. The minimum absolute atomic E-state index is 0.318. The summed E-state index contributed by atoms with van der Waals surface area (Å²) in [6, 6.07) is 13.0. The van der Waals surface area contributed by atoms with Crippen LogP contribution in [0.3, 0.4) is 0 Å². The largest absolute Gasteiger partial charge is 0.497 e. The second kappa shape index (κ2) is 13.0. The predicted molar refractivity (Wildman–Crippen MR) is 119 cm³/mol. The maximum atomic E-state index is 11.2. The lowest BCUT2D eigenvalue weighted by atomic mass is 10.1. The number of allylic oxidation sites excluding steroid dienone is 1. The lowest BCUT2D eigenvalue weighted by Crippen LogP contribution is -2.26. The zero-order valence-electron chi connectivity index (χ0n) is 18.1. The van der Waals surface area contributed by atoms with Crippen molar-refractivity contribution in [2.24, 2.45) is 0 Å². The quantitative estimate of drug-likeness (QED) is 0.551. The molecule has 0 spiro atoms. The van der Waals surface area contributed by atoms with E-state index in [1.54, 1.807) is 27.2 Å². The van der Waals surface area contributed by atoms with Crippen LogP contribution >= 0.6 is 0 Å². The Labute approximate surface area is 183 Å². The Bertz CT molecular complexity index is 899. The van der Waals surface area contributed by atoms with E-state index in [9.17, 15) is 4.79 Å². The van der Waals surface area contributed by atoms with Crippen LogP contribution in [0.4, 0.5) is 0 Å². The van der Waals surface area contributed by atoms with Gasteiger partial charge >= 0.3 is 5.97 Å². The molecule has 6 nitrogen and oxygen atoms in total. The summed E-state index contributed by atoms with van der Waals surface area (Å²) in [6.45, 7) is 2.53. The highest BCUT2D eigenvalue weighted by Crippen LogP contribution is 2.22. The number of carboxylic acids is 1. The smallest absolute Gasteiger partial charge is 0.333 e. The van der Waals surface area contributed by atoms with Crippen molar-refractivity contribution in [3.8, 4) is 29.1 Å².